The Morgan fingerprint density at radius 1 is 0.614 bits per heavy atom. The van der Waals surface area contributed by atoms with Crippen LogP contribution in [0.25, 0.3) is 0 Å². The zero-order valence-electron chi connectivity index (χ0n) is 29.1. The molecule has 0 nitrogen and oxygen atoms in total. The Labute approximate surface area is 297 Å². The normalized spacial score (nSPS) is 16.5. The Morgan fingerprint density at radius 3 is 1.45 bits per heavy atom. The number of halogens is 3. The van der Waals surface area contributed by atoms with E-state index in [-0.39, 0.29) is 48.1 Å². The van der Waals surface area contributed by atoms with Gasteiger partial charge in [-0.1, -0.05) is 0 Å². The number of hydrogen-bond acceptors (Lipinski definition) is 0. The molecular weight excluding hydrogens is 651 g/mol. The molecule has 2 unspecified atom stereocenters. The summed E-state index contributed by atoms with van der Waals surface area (Å²) in [5.74, 6) is -1.87. The molecule has 3 aromatic carbocycles. The van der Waals surface area contributed by atoms with Crippen LogP contribution >= 0.6 is 37.2 Å². The van der Waals surface area contributed by atoms with Crippen LogP contribution in [-0.2, 0) is 42.1 Å². The Balaban J connectivity index is 0.00000323. The standard InChI is InChI=1S/C30H39Si.C9H13.3ClH.Ti/c1-9-22-16-23(10-2)18-27(17-22)31(26-14-12-11-13-15-26)28-20-24(29(3,4)5)19-25(21-28)30(6,7)8;1-6-5-7(2)9(4)8(6)3;;;;/h11-21H,9-10H2,1-8H3;6H,1-4H3;3*1H;. The topological polar surface area (TPSA) is 0 Å². The molecule has 0 aliphatic heterocycles. The minimum absolute atomic E-state index is 0. The molecule has 0 fully saturated rings. The molecule has 44 heavy (non-hydrogen) atoms. The summed E-state index contributed by atoms with van der Waals surface area (Å²) in [6.45, 7) is 28.6. The molecule has 240 valence electrons. The summed E-state index contributed by atoms with van der Waals surface area (Å²) in [7, 11) is 0. The first-order valence-electron chi connectivity index (χ1n) is 15.7. The predicted octanol–water partition coefficient (Wildman–Crippen LogP) is 9.98. The van der Waals surface area contributed by atoms with E-state index in [0.29, 0.717) is 5.92 Å². The monoisotopic (exact) mass is 704 g/mol. The van der Waals surface area contributed by atoms with E-state index < -0.39 is 24.3 Å². The van der Waals surface area contributed by atoms with Gasteiger partial charge in [-0.05, 0) is 0 Å². The molecule has 0 aromatic heterocycles. The second kappa shape index (κ2) is 15.7. The van der Waals surface area contributed by atoms with Gasteiger partial charge in [0.25, 0.3) is 0 Å². The van der Waals surface area contributed by atoms with Crippen molar-refractivity contribution < 1.29 is 18.4 Å². The van der Waals surface area contributed by atoms with Crippen LogP contribution in [-0.4, -0.2) is 5.94 Å². The van der Waals surface area contributed by atoms with Gasteiger partial charge in [0.1, 0.15) is 0 Å². The third kappa shape index (κ3) is 8.07. The number of allylic oxidation sites excluding steroid dienone is 4. The first-order valence-corrected chi connectivity index (χ1v) is 20.8. The van der Waals surface area contributed by atoms with E-state index >= 15 is 0 Å². The molecule has 0 N–H and O–H groups in total. The smallest absolute Gasteiger partial charge is 0.147 e. The summed E-state index contributed by atoms with van der Waals surface area (Å²) >= 11 is -0.562. The Hall–Kier alpha value is -1.06. The van der Waals surface area contributed by atoms with Gasteiger partial charge < -0.3 is 0 Å². The van der Waals surface area contributed by atoms with Crippen molar-refractivity contribution >= 4 is 58.7 Å². The van der Waals surface area contributed by atoms with Gasteiger partial charge in [0.15, 0.2) is 0 Å². The molecule has 0 radical (unpaired) electrons. The van der Waals surface area contributed by atoms with E-state index in [1.807, 2.05) is 0 Å². The minimum atomic E-state index is -2.41. The third-order valence-corrected chi connectivity index (χ3v) is 22.1. The largest absolute Gasteiger partial charge is 0.147 e. The van der Waals surface area contributed by atoms with Crippen molar-refractivity contribution in [3.05, 3.63) is 110 Å². The molecule has 4 rings (SSSR count). The van der Waals surface area contributed by atoms with Gasteiger partial charge in [0.2, 0.25) is 0 Å². The summed E-state index contributed by atoms with van der Waals surface area (Å²) in [4.78, 5) is 0. The van der Waals surface area contributed by atoms with Gasteiger partial charge >= 0.3 is 262 Å². The molecule has 5 heteroatoms. The summed E-state index contributed by atoms with van der Waals surface area (Å²) in [5.41, 5.74) is 10.8. The van der Waals surface area contributed by atoms with Crippen molar-refractivity contribution in [3.63, 3.8) is 0 Å². The average Bonchev–Trinajstić information content (AvgIpc) is 3.12. The van der Waals surface area contributed by atoms with E-state index in [9.17, 15) is 0 Å². The number of rotatable bonds is 7. The summed E-state index contributed by atoms with van der Waals surface area (Å²) < 4.78 is 1.77. The summed E-state index contributed by atoms with van der Waals surface area (Å²) in [6.07, 6.45) is 2.15. The maximum absolute atomic E-state index is 2.64. The molecule has 0 spiro atoms. The number of benzene rings is 3. The van der Waals surface area contributed by atoms with E-state index in [0.717, 1.165) is 12.8 Å². The van der Waals surface area contributed by atoms with E-state index in [1.54, 1.807) is 30.6 Å². The van der Waals surface area contributed by atoms with Crippen molar-refractivity contribution in [1.82, 2.24) is 0 Å². The molecule has 0 saturated heterocycles. The maximum atomic E-state index is 2.64. The minimum Gasteiger partial charge on any atom is -0.147 e. The fourth-order valence-corrected chi connectivity index (χ4v) is 19.3. The second-order valence-electron chi connectivity index (χ2n) is 14.4. The van der Waals surface area contributed by atoms with Gasteiger partial charge in [-0.2, -0.15) is 0 Å². The average molecular weight is 706 g/mol. The molecule has 3 aromatic rings. The molecule has 1 aliphatic rings. The maximum Gasteiger partial charge on any atom is -0.147 e. The first-order chi connectivity index (χ1) is 19.1. The first kappa shape index (κ1) is 41.0. The Bertz CT molecular complexity index is 1440. The van der Waals surface area contributed by atoms with Crippen LogP contribution in [0.15, 0.2) is 87.3 Å². The Kier molecular flexibility index (Phi) is 14.6. The van der Waals surface area contributed by atoms with Crippen LogP contribution < -0.4 is 15.6 Å². The van der Waals surface area contributed by atoms with Crippen molar-refractivity contribution in [1.29, 1.82) is 0 Å². The van der Waals surface area contributed by atoms with Gasteiger partial charge in [0.05, 0.1) is 0 Å². The van der Waals surface area contributed by atoms with Crippen LogP contribution in [0.3, 0.4) is 0 Å². The van der Waals surface area contributed by atoms with Crippen molar-refractivity contribution in [2.75, 3.05) is 0 Å². The van der Waals surface area contributed by atoms with Gasteiger partial charge in [0, 0.05) is 0 Å². The van der Waals surface area contributed by atoms with Crippen LogP contribution in [0.5, 0.6) is 0 Å². The van der Waals surface area contributed by atoms with Crippen LogP contribution in [0.1, 0.15) is 105 Å². The van der Waals surface area contributed by atoms with Crippen LogP contribution in [0.2, 0.25) is 0 Å². The summed E-state index contributed by atoms with van der Waals surface area (Å²) in [5, 5.41) is 4.82. The molecule has 0 amide bonds. The van der Waals surface area contributed by atoms with Gasteiger partial charge in [-0.3, -0.25) is 0 Å². The third-order valence-electron chi connectivity index (χ3n) is 9.57. The van der Waals surface area contributed by atoms with E-state index in [4.69, 9.17) is 0 Å². The fraction of sp³-hybridized carbons (Fsp3) is 0.436. The zero-order valence-corrected chi connectivity index (χ0v) is 34.1. The van der Waals surface area contributed by atoms with Crippen molar-refractivity contribution in [2.24, 2.45) is 5.92 Å². The zero-order chi connectivity index (χ0) is 30.3. The molecule has 2 atom stereocenters. The fourth-order valence-electron chi connectivity index (χ4n) is 6.27. The molecule has 1 aliphatic carbocycles. The van der Waals surface area contributed by atoms with Crippen LogP contribution in [0, 0.1) is 5.92 Å². The van der Waals surface area contributed by atoms with Crippen molar-refractivity contribution in [2.45, 2.75) is 107 Å². The van der Waals surface area contributed by atoms with Gasteiger partial charge in [-0.25, -0.2) is 0 Å². The number of hydrogen-bond donors (Lipinski definition) is 0. The Morgan fingerprint density at radius 2 is 1.07 bits per heavy atom. The quantitative estimate of drug-likeness (QED) is 0.170. The second-order valence-corrected chi connectivity index (χ2v) is 23.4. The summed E-state index contributed by atoms with van der Waals surface area (Å²) in [6, 6.07) is 27.2. The molecule has 0 heterocycles. The van der Waals surface area contributed by atoms with Crippen molar-refractivity contribution in [3.8, 4) is 0 Å². The van der Waals surface area contributed by atoms with Crippen LogP contribution in [0.4, 0.5) is 0 Å². The number of aryl methyl sites for hydroxylation is 2. The van der Waals surface area contributed by atoms with Gasteiger partial charge in [-0.15, -0.1) is 37.2 Å². The predicted molar refractivity (Wildman–Crippen MR) is 202 cm³/mol. The molecule has 0 saturated carbocycles. The SMILES string of the molecule is CCc1cc(CC)cc([Si]([Ti][C]2=C(C)C(C)=C(C)C2C)(c2ccccc2)c2cc(C(C)(C)C)cc(C(C)(C)C)c2)c1.Cl.Cl.Cl. The van der Waals surface area contributed by atoms with E-state index in [2.05, 4.69) is 150 Å². The van der Waals surface area contributed by atoms with E-state index in [1.165, 1.54) is 27.8 Å². The molecule has 0 bridgehead atoms. The molecular formula is C39H55Cl3SiTi.